The van der Waals surface area contributed by atoms with E-state index in [1.54, 1.807) is 6.07 Å². The molecule has 49 heavy (non-hydrogen) atoms. The molecule has 0 aliphatic carbocycles. The second-order valence-corrected chi connectivity index (χ2v) is 8.70. The summed E-state index contributed by atoms with van der Waals surface area (Å²) in [5.74, 6) is -1.97. The van der Waals surface area contributed by atoms with Crippen molar-refractivity contribution in [3.63, 3.8) is 0 Å². The fraction of sp³-hybridized carbons (Fsp3) is 0.359. The second kappa shape index (κ2) is 30.5. The fourth-order valence-electron chi connectivity index (χ4n) is 3.06. The number of benzene rings is 2. The molecule has 274 valence electrons. The Balaban J connectivity index is -0.000000575. The van der Waals surface area contributed by atoms with Gasteiger partial charge >= 0.3 is 12.1 Å². The van der Waals surface area contributed by atoms with Crippen molar-refractivity contribution in [1.29, 1.82) is 0 Å². The zero-order valence-corrected chi connectivity index (χ0v) is 31.4. The summed E-state index contributed by atoms with van der Waals surface area (Å²) >= 11 is 0. The zero-order valence-electron chi connectivity index (χ0n) is 31.4. The molecule has 0 unspecified atom stereocenters. The van der Waals surface area contributed by atoms with Crippen molar-refractivity contribution in [1.82, 2.24) is 0 Å². The van der Waals surface area contributed by atoms with E-state index in [9.17, 15) is 27.9 Å². The van der Waals surface area contributed by atoms with Gasteiger partial charge in [0.25, 0.3) is 0 Å². The number of aliphatic carboxylic acids is 1. The van der Waals surface area contributed by atoms with Crippen molar-refractivity contribution in [2.45, 2.75) is 88.8 Å². The van der Waals surface area contributed by atoms with Crippen LogP contribution in [0.1, 0.15) is 99.3 Å². The third-order valence-electron chi connectivity index (χ3n) is 5.56. The summed E-state index contributed by atoms with van der Waals surface area (Å²) in [6, 6.07) is 7.47. The second-order valence-electron chi connectivity index (χ2n) is 8.70. The highest BCUT2D eigenvalue weighted by molar-refractivity contribution is 5.98. The van der Waals surface area contributed by atoms with E-state index < -0.39 is 23.6 Å². The minimum absolute atomic E-state index is 0.00472. The molecule has 10 heteroatoms. The number of hydrogen-bond acceptors (Lipinski definition) is 5. The number of rotatable bonds is 9. The maximum atomic E-state index is 13.1. The topological polar surface area (TPSA) is 102 Å². The number of halogens is 3. The molecule has 0 aliphatic rings. The number of amides is 1. The summed E-state index contributed by atoms with van der Waals surface area (Å²) in [7, 11) is 1.34. The number of allylic oxidation sites excluding steroid dienone is 6. The van der Waals surface area contributed by atoms with Crippen LogP contribution >= 0.6 is 0 Å². The molecule has 0 atom stereocenters. The molecule has 3 N–H and O–H groups in total. The van der Waals surface area contributed by atoms with Gasteiger partial charge in [-0.05, 0) is 57.0 Å². The van der Waals surface area contributed by atoms with Gasteiger partial charge in [0.15, 0.2) is 0 Å². The Morgan fingerprint density at radius 2 is 1.53 bits per heavy atom. The van der Waals surface area contributed by atoms with Gasteiger partial charge in [-0.3, -0.25) is 10.2 Å². The highest BCUT2D eigenvalue weighted by atomic mass is 19.4. The lowest BCUT2D eigenvalue weighted by molar-refractivity contribution is -0.137. The first-order valence-electron chi connectivity index (χ1n) is 16.2. The lowest BCUT2D eigenvalue weighted by Gasteiger charge is -2.19. The number of alkyl halides is 3. The van der Waals surface area contributed by atoms with Crippen LogP contribution in [0.25, 0.3) is 5.57 Å². The zero-order chi connectivity index (χ0) is 39.2. The van der Waals surface area contributed by atoms with Crippen molar-refractivity contribution >= 4 is 35.0 Å². The number of nitrogens with zero attached hydrogens (tertiary/aromatic N) is 2. The SMILES string of the molecule is C/C=C/CC.C/C=C\C.C=C/C(=C\C(=C)C(=O)O)c1cccc(N/N=C/c2ccc(C(F)(F)F)cc2N(C)C(C)=O)c1O.CC.CC.CC. The van der Waals surface area contributed by atoms with Gasteiger partial charge in [0.2, 0.25) is 5.91 Å². The molecule has 0 saturated carbocycles. The number of anilines is 2. The predicted octanol–water partition coefficient (Wildman–Crippen LogP) is 11.7. The number of carboxylic acid groups (broad SMARTS) is 1. The van der Waals surface area contributed by atoms with Crippen LogP contribution in [-0.4, -0.2) is 35.4 Å². The highest BCUT2D eigenvalue weighted by Crippen LogP contribution is 2.35. The van der Waals surface area contributed by atoms with Crippen LogP contribution in [0.3, 0.4) is 0 Å². The lowest BCUT2D eigenvalue weighted by atomic mass is 10.0. The van der Waals surface area contributed by atoms with Gasteiger partial charge in [0.1, 0.15) is 5.75 Å². The molecule has 2 rings (SSSR count). The average Bonchev–Trinajstić information content (AvgIpc) is 3.10. The van der Waals surface area contributed by atoms with Crippen molar-refractivity contribution in [2.75, 3.05) is 17.4 Å². The Labute approximate surface area is 293 Å². The standard InChI is InChI=1S/C24H22F3N3O4.C5H10.C4H8.3C2H6/c1-5-16(11-14(2)23(33)34)19-7-6-8-20(22(19)32)29-28-13-17-9-10-18(24(25,26)27)12-21(17)30(4)15(3)31;1-3-5-4-2;1-3-4-2;3*1-2/h5-13,29,32H,1-2H2,3-4H3,(H,33,34);3,5H,4H2,1-2H3;3-4H,1-2H3;3*1-2H3/b16-11+,28-13+;5-3+;4-3-;;;. The van der Waals surface area contributed by atoms with E-state index in [2.05, 4.69) is 42.8 Å². The number of aromatic hydroxyl groups is 1. The number of carbonyl (C=O) groups excluding carboxylic acids is 1. The molecule has 0 heterocycles. The van der Waals surface area contributed by atoms with E-state index in [4.69, 9.17) is 5.11 Å². The molecule has 2 aromatic rings. The third-order valence-corrected chi connectivity index (χ3v) is 5.56. The van der Waals surface area contributed by atoms with Crippen LogP contribution in [0.2, 0.25) is 0 Å². The largest absolute Gasteiger partial charge is 0.505 e. The van der Waals surface area contributed by atoms with Gasteiger partial charge in [-0.2, -0.15) is 18.3 Å². The van der Waals surface area contributed by atoms with Gasteiger partial charge in [0, 0.05) is 25.1 Å². The molecular weight excluding hydrogens is 631 g/mol. The number of hydrazone groups is 1. The fourth-order valence-corrected chi connectivity index (χ4v) is 3.06. The van der Waals surface area contributed by atoms with E-state index in [0.717, 1.165) is 23.5 Å². The van der Waals surface area contributed by atoms with Crippen molar-refractivity contribution < 1.29 is 33.0 Å². The predicted molar refractivity (Wildman–Crippen MR) is 204 cm³/mol. The lowest BCUT2D eigenvalue weighted by Crippen LogP contribution is -2.24. The van der Waals surface area contributed by atoms with Crippen molar-refractivity contribution in [3.05, 3.63) is 108 Å². The van der Waals surface area contributed by atoms with Crippen LogP contribution < -0.4 is 10.3 Å². The molecule has 0 saturated heterocycles. The molecular formula is C39H58F3N3O4. The maximum absolute atomic E-state index is 13.1. The number of nitrogens with one attached hydrogen (secondary N) is 1. The molecule has 0 fully saturated rings. The molecule has 0 aromatic heterocycles. The van der Waals surface area contributed by atoms with Crippen LogP contribution in [0.15, 0.2) is 96.7 Å². The molecule has 0 bridgehead atoms. The Morgan fingerprint density at radius 1 is 0.980 bits per heavy atom. The number of hydrogen-bond donors (Lipinski definition) is 3. The summed E-state index contributed by atoms with van der Waals surface area (Å²) in [6.45, 7) is 28.4. The van der Waals surface area contributed by atoms with Crippen LogP contribution in [0.5, 0.6) is 5.75 Å². The van der Waals surface area contributed by atoms with E-state index in [-0.39, 0.29) is 33.8 Å². The first kappa shape index (κ1) is 51.0. The summed E-state index contributed by atoms with van der Waals surface area (Å²) in [5.41, 5.74) is 2.36. The highest BCUT2D eigenvalue weighted by Gasteiger charge is 2.31. The van der Waals surface area contributed by atoms with E-state index in [1.165, 1.54) is 50.5 Å². The Hall–Kier alpha value is -4.86. The summed E-state index contributed by atoms with van der Waals surface area (Å²) in [4.78, 5) is 23.8. The molecule has 0 aliphatic heterocycles. The van der Waals surface area contributed by atoms with E-state index in [0.29, 0.717) is 5.57 Å². The summed E-state index contributed by atoms with van der Waals surface area (Å²) in [6.07, 6.45) is 8.55. The smallest absolute Gasteiger partial charge is 0.416 e. The van der Waals surface area contributed by atoms with Gasteiger partial charge < -0.3 is 15.1 Å². The number of carbonyl (C=O) groups is 2. The third kappa shape index (κ3) is 20.9. The summed E-state index contributed by atoms with van der Waals surface area (Å²) < 4.78 is 39.3. The van der Waals surface area contributed by atoms with Gasteiger partial charge in [-0.15, -0.1) is 0 Å². The number of phenols is 1. The molecule has 0 radical (unpaired) electrons. The normalized spacial score (nSPS) is 10.4. The molecule has 2 aromatic carbocycles. The van der Waals surface area contributed by atoms with Gasteiger partial charge in [0.05, 0.1) is 28.7 Å². The molecule has 1 amide bonds. The van der Waals surface area contributed by atoms with Crippen molar-refractivity contribution in [3.8, 4) is 5.75 Å². The maximum Gasteiger partial charge on any atom is 0.416 e. The Bertz CT molecular complexity index is 1370. The number of para-hydroxylation sites is 1. The van der Waals surface area contributed by atoms with Crippen molar-refractivity contribution in [2.24, 2.45) is 5.10 Å². The van der Waals surface area contributed by atoms with E-state index in [1.807, 2.05) is 74.5 Å². The monoisotopic (exact) mass is 689 g/mol. The average molecular weight is 690 g/mol. The Morgan fingerprint density at radius 3 is 1.92 bits per heavy atom. The minimum Gasteiger partial charge on any atom is -0.505 e. The summed E-state index contributed by atoms with van der Waals surface area (Å²) in [5, 5.41) is 23.6. The Kier molecular flexibility index (Phi) is 31.7. The minimum atomic E-state index is -4.59. The molecule has 7 nitrogen and oxygen atoms in total. The first-order valence-corrected chi connectivity index (χ1v) is 16.2. The van der Waals surface area contributed by atoms with E-state index >= 15 is 0 Å². The quantitative estimate of drug-likeness (QED) is 0.0607. The van der Waals surface area contributed by atoms with Crippen LogP contribution in [0.4, 0.5) is 24.5 Å². The first-order chi connectivity index (χ1) is 23.2. The number of phenolic OH excluding ortho intramolecular Hbond substituents is 1. The van der Waals surface area contributed by atoms with Gasteiger partial charge in [-0.1, -0.05) is 110 Å². The van der Waals surface area contributed by atoms with Crippen LogP contribution in [-0.2, 0) is 15.8 Å². The molecule has 0 spiro atoms. The number of carboxylic acids is 1. The van der Waals surface area contributed by atoms with Crippen LogP contribution in [0, 0.1) is 0 Å². The van der Waals surface area contributed by atoms with Gasteiger partial charge in [-0.25, -0.2) is 4.79 Å².